The van der Waals surface area contributed by atoms with Gasteiger partial charge in [0.15, 0.2) is 0 Å². The van der Waals surface area contributed by atoms with Crippen LogP contribution in [0.25, 0.3) is 11.1 Å². The summed E-state index contributed by atoms with van der Waals surface area (Å²) in [7, 11) is 1.63. The highest BCUT2D eigenvalue weighted by atomic mass is 19.3. The van der Waals surface area contributed by atoms with Gasteiger partial charge in [0.2, 0.25) is 0 Å². The van der Waals surface area contributed by atoms with Gasteiger partial charge in [-0.05, 0) is 59.7 Å². The Morgan fingerprint density at radius 3 is 1.42 bits per heavy atom. The second-order valence-corrected chi connectivity index (χ2v) is 5.74. The van der Waals surface area contributed by atoms with Crippen LogP contribution in [-0.4, -0.2) is 13.2 Å². The number of methoxy groups -OCH3 is 1. The minimum atomic E-state index is -3.21. The van der Waals surface area contributed by atoms with Gasteiger partial charge in [0, 0.05) is 6.92 Å². The smallest absolute Gasteiger partial charge is 0.394 e. The molecule has 0 fully saturated rings. The average molecular weight is 356 g/mol. The van der Waals surface area contributed by atoms with Gasteiger partial charge in [-0.3, -0.25) is 0 Å². The maximum Gasteiger partial charge on any atom is 0.394 e. The Hall–Kier alpha value is -3.08. The fourth-order valence-corrected chi connectivity index (χ4v) is 2.42. The van der Waals surface area contributed by atoms with Gasteiger partial charge < -0.3 is 14.2 Å². The molecule has 0 heterocycles. The molecule has 0 radical (unpaired) electrons. The zero-order valence-electron chi connectivity index (χ0n) is 14.4. The third-order valence-electron chi connectivity index (χ3n) is 3.63. The Bertz CT molecular complexity index is 836. The van der Waals surface area contributed by atoms with Crippen molar-refractivity contribution in [2.24, 2.45) is 0 Å². The Morgan fingerprint density at radius 1 is 0.615 bits per heavy atom. The molecule has 0 aliphatic heterocycles. The minimum Gasteiger partial charge on any atom is -0.497 e. The van der Waals surface area contributed by atoms with E-state index in [0.717, 1.165) is 16.9 Å². The number of rotatable bonds is 6. The van der Waals surface area contributed by atoms with Gasteiger partial charge in [-0.2, -0.15) is 8.78 Å². The molecule has 0 saturated carbocycles. The van der Waals surface area contributed by atoms with Gasteiger partial charge in [-0.15, -0.1) is 0 Å². The van der Waals surface area contributed by atoms with E-state index in [2.05, 4.69) is 4.74 Å². The van der Waals surface area contributed by atoms with Gasteiger partial charge >= 0.3 is 6.11 Å². The molecule has 134 valence electrons. The second kappa shape index (κ2) is 7.44. The largest absolute Gasteiger partial charge is 0.497 e. The van der Waals surface area contributed by atoms with E-state index in [0.29, 0.717) is 18.4 Å². The Morgan fingerprint density at radius 2 is 1.00 bits per heavy atom. The van der Waals surface area contributed by atoms with E-state index >= 15 is 0 Å². The normalized spacial score (nSPS) is 11.1. The molecule has 3 aromatic rings. The molecule has 0 unspecified atom stereocenters. The number of hydrogen-bond donors (Lipinski definition) is 0. The van der Waals surface area contributed by atoms with Crippen molar-refractivity contribution in [1.82, 2.24) is 0 Å². The monoisotopic (exact) mass is 356 g/mol. The van der Waals surface area contributed by atoms with Gasteiger partial charge in [0.25, 0.3) is 0 Å². The molecule has 0 amide bonds. The predicted molar refractivity (Wildman–Crippen MR) is 96.2 cm³/mol. The first-order chi connectivity index (χ1) is 12.4. The summed E-state index contributed by atoms with van der Waals surface area (Å²) in [5, 5.41) is 0. The van der Waals surface area contributed by atoms with Crippen molar-refractivity contribution in [2.45, 2.75) is 13.0 Å². The summed E-state index contributed by atoms with van der Waals surface area (Å²) in [6.07, 6.45) is -3.21. The number of halogens is 2. The molecule has 3 nitrogen and oxygen atoms in total. The molecule has 0 spiro atoms. The van der Waals surface area contributed by atoms with Crippen molar-refractivity contribution in [1.29, 1.82) is 0 Å². The van der Waals surface area contributed by atoms with Crippen LogP contribution in [-0.2, 0) is 0 Å². The van der Waals surface area contributed by atoms with Crippen LogP contribution in [0.1, 0.15) is 6.92 Å². The molecular weight excluding hydrogens is 338 g/mol. The zero-order chi connectivity index (χ0) is 18.6. The van der Waals surface area contributed by atoms with E-state index in [1.54, 1.807) is 19.2 Å². The summed E-state index contributed by atoms with van der Waals surface area (Å²) in [4.78, 5) is 0. The highest BCUT2D eigenvalue weighted by Gasteiger charge is 2.22. The molecule has 0 bridgehead atoms. The molecule has 0 aliphatic carbocycles. The van der Waals surface area contributed by atoms with E-state index < -0.39 is 6.11 Å². The Kier molecular flexibility index (Phi) is 5.07. The van der Waals surface area contributed by atoms with Gasteiger partial charge in [-0.25, -0.2) is 0 Å². The number of alkyl halides is 2. The lowest BCUT2D eigenvalue weighted by molar-refractivity contribution is -0.158. The first kappa shape index (κ1) is 17.7. The lowest BCUT2D eigenvalue weighted by atomic mass is 10.1. The predicted octanol–water partition coefficient (Wildman–Crippen LogP) is 6.15. The number of hydrogen-bond acceptors (Lipinski definition) is 3. The summed E-state index contributed by atoms with van der Waals surface area (Å²) >= 11 is 0. The summed E-state index contributed by atoms with van der Waals surface area (Å²) in [6, 6.07) is 21.4. The van der Waals surface area contributed by atoms with Crippen LogP contribution in [0, 0.1) is 0 Å². The minimum absolute atomic E-state index is 0.0831. The molecular formula is C21H18F2O3. The second-order valence-electron chi connectivity index (χ2n) is 5.74. The van der Waals surface area contributed by atoms with E-state index in [1.807, 2.05) is 48.5 Å². The maximum atomic E-state index is 12.8. The molecule has 0 saturated heterocycles. The third kappa shape index (κ3) is 4.72. The van der Waals surface area contributed by atoms with Gasteiger partial charge in [-0.1, -0.05) is 24.3 Å². The van der Waals surface area contributed by atoms with Crippen molar-refractivity contribution < 1.29 is 23.0 Å². The summed E-state index contributed by atoms with van der Waals surface area (Å²) < 4.78 is 41.0. The highest BCUT2D eigenvalue weighted by Crippen LogP contribution is 2.29. The standard InChI is InChI=1S/C21H18F2O3/c1-21(22,23)26-20-13-11-19(12-14-20)25-18-9-5-16(6-10-18)15-3-7-17(24-2)8-4-15/h3-14H,1-2H3. The SMILES string of the molecule is COc1ccc(-c2ccc(Oc3ccc(OC(C)(F)F)cc3)cc2)cc1. The van der Waals surface area contributed by atoms with E-state index in [1.165, 1.54) is 12.1 Å². The van der Waals surface area contributed by atoms with Crippen molar-refractivity contribution in [3.05, 3.63) is 72.8 Å². The number of benzene rings is 3. The molecule has 0 N–H and O–H groups in total. The quantitative estimate of drug-likeness (QED) is 0.530. The van der Waals surface area contributed by atoms with Crippen molar-refractivity contribution in [3.8, 4) is 34.1 Å². The summed E-state index contributed by atoms with van der Waals surface area (Å²) in [5.41, 5.74) is 2.12. The van der Waals surface area contributed by atoms with Crippen molar-refractivity contribution in [3.63, 3.8) is 0 Å². The molecule has 5 heteroatoms. The molecule has 3 aromatic carbocycles. The van der Waals surface area contributed by atoms with Crippen molar-refractivity contribution in [2.75, 3.05) is 7.11 Å². The fourth-order valence-electron chi connectivity index (χ4n) is 2.42. The fraction of sp³-hybridized carbons (Fsp3) is 0.143. The van der Waals surface area contributed by atoms with E-state index in [4.69, 9.17) is 9.47 Å². The molecule has 0 aromatic heterocycles. The zero-order valence-corrected chi connectivity index (χ0v) is 14.4. The lowest BCUT2D eigenvalue weighted by Crippen LogP contribution is -2.18. The van der Waals surface area contributed by atoms with Crippen LogP contribution >= 0.6 is 0 Å². The highest BCUT2D eigenvalue weighted by molar-refractivity contribution is 5.65. The summed E-state index contributed by atoms with van der Waals surface area (Å²) in [6.45, 7) is 0.696. The average Bonchev–Trinajstić information content (AvgIpc) is 2.63. The van der Waals surface area contributed by atoms with Gasteiger partial charge in [0.05, 0.1) is 7.11 Å². The lowest BCUT2D eigenvalue weighted by Gasteiger charge is -2.13. The third-order valence-corrected chi connectivity index (χ3v) is 3.63. The molecule has 0 aliphatic rings. The van der Waals surface area contributed by atoms with Crippen LogP contribution < -0.4 is 14.2 Å². The van der Waals surface area contributed by atoms with E-state index in [-0.39, 0.29) is 5.75 Å². The Balaban J connectivity index is 1.67. The van der Waals surface area contributed by atoms with Crippen LogP contribution in [0.2, 0.25) is 0 Å². The van der Waals surface area contributed by atoms with Crippen LogP contribution in [0.3, 0.4) is 0 Å². The van der Waals surface area contributed by atoms with Gasteiger partial charge in [0.1, 0.15) is 23.0 Å². The molecule has 3 rings (SSSR count). The first-order valence-corrected chi connectivity index (χ1v) is 8.02. The van der Waals surface area contributed by atoms with Crippen LogP contribution in [0.15, 0.2) is 72.8 Å². The topological polar surface area (TPSA) is 27.7 Å². The maximum absolute atomic E-state index is 12.8. The number of ether oxygens (including phenoxy) is 3. The van der Waals surface area contributed by atoms with Crippen molar-refractivity contribution >= 4 is 0 Å². The van der Waals surface area contributed by atoms with Crippen LogP contribution in [0.5, 0.6) is 23.0 Å². The summed E-state index contributed by atoms with van der Waals surface area (Å²) in [5.74, 6) is 2.08. The first-order valence-electron chi connectivity index (χ1n) is 8.02. The van der Waals surface area contributed by atoms with E-state index in [9.17, 15) is 8.78 Å². The molecule has 0 atom stereocenters. The molecule has 26 heavy (non-hydrogen) atoms. The van der Waals surface area contributed by atoms with Crippen LogP contribution in [0.4, 0.5) is 8.78 Å². The Labute approximate surface area is 150 Å².